The van der Waals surface area contributed by atoms with Crippen molar-refractivity contribution in [2.45, 2.75) is 33.3 Å². The number of aliphatic hydroxyl groups is 1. The van der Waals surface area contributed by atoms with Gasteiger partial charge in [-0.15, -0.1) is 0 Å². The minimum absolute atomic E-state index is 0.000500. The molecule has 0 spiro atoms. The molecule has 1 rings (SSSR count). The van der Waals surface area contributed by atoms with Crippen molar-refractivity contribution in [3.8, 4) is 0 Å². The molecule has 0 bridgehead atoms. The van der Waals surface area contributed by atoms with Gasteiger partial charge in [0.1, 0.15) is 0 Å². The lowest BCUT2D eigenvalue weighted by Crippen LogP contribution is -2.12. The van der Waals surface area contributed by atoms with E-state index in [9.17, 15) is 0 Å². The third kappa shape index (κ3) is 3.88. The smallest absolute Gasteiger partial charge is 0.0853 e. The summed E-state index contributed by atoms with van der Waals surface area (Å²) in [4.78, 5) is 4.04. The number of rotatable bonds is 6. The number of nitrogens with zero attached hydrogens (tertiary/aromatic N) is 1. The van der Waals surface area contributed by atoms with Crippen LogP contribution in [0.15, 0.2) is 18.3 Å². The monoisotopic (exact) mass is 208 g/mol. The highest BCUT2D eigenvalue weighted by molar-refractivity contribution is 5.43. The quantitative estimate of drug-likeness (QED) is 0.754. The second-order valence-electron chi connectivity index (χ2n) is 3.76. The molecule has 0 saturated heterocycles. The Morgan fingerprint density at radius 2 is 2.13 bits per heavy atom. The average Bonchev–Trinajstić information content (AvgIpc) is 2.31. The summed E-state index contributed by atoms with van der Waals surface area (Å²) in [7, 11) is 0. The summed E-state index contributed by atoms with van der Waals surface area (Å²) in [5, 5.41) is 12.3. The van der Waals surface area contributed by atoms with Gasteiger partial charge in [0.2, 0.25) is 0 Å². The Labute approximate surface area is 91.5 Å². The van der Waals surface area contributed by atoms with Crippen molar-refractivity contribution in [3.05, 3.63) is 24.0 Å². The minimum Gasteiger partial charge on any atom is -0.390 e. The molecular formula is C12H20N2O. The van der Waals surface area contributed by atoms with Gasteiger partial charge in [0.05, 0.1) is 12.3 Å². The highest BCUT2D eigenvalue weighted by Crippen LogP contribution is 2.12. The summed E-state index contributed by atoms with van der Waals surface area (Å²) in [6, 6.07) is 3.82. The molecule has 1 aromatic rings. The van der Waals surface area contributed by atoms with Crippen LogP contribution >= 0.6 is 0 Å². The van der Waals surface area contributed by atoms with Gasteiger partial charge >= 0.3 is 0 Å². The predicted octanol–water partition coefficient (Wildman–Crippen LogP) is 2.42. The summed E-state index contributed by atoms with van der Waals surface area (Å²) < 4.78 is 0. The van der Waals surface area contributed by atoms with E-state index < -0.39 is 0 Å². The first-order chi connectivity index (χ1) is 7.30. The predicted molar refractivity (Wildman–Crippen MR) is 62.7 cm³/mol. The van der Waals surface area contributed by atoms with E-state index in [0.29, 0.717) is 5.69 Å². The largest absolute Gasteiger partial charge is 0.390 e. The van der Waals surface area contributed by atoms with Gasteiger partial charge in [-0.25, -0.2) is 0 Å². The van der Waals surface area contributed by atoms with Gasteiger partial charge in [-0.3, -0.25) is 4.98 Å². The number of pyridine rings is 1. The lowest BCUT2D eigenvalue weighted by atomic mass is 10.0. The van der Waals surface area contributed by atoms with Crippen LogP contribution in [0.5, 0.6) is 0 Å². The molecule has 3 nitrogen and oxygen atoms in total. The lowest BCUT2D eigenvalue weighted by Gasteiger charge is -2.14. The van der Waals surface area contributed by atoms with Crippen LogP contribution in [0.2, 0.25) is 0 Å². The SMILES string of the molecule is CCC(CC)CNc1ccnc(CO)c1. The molecule has 0 aliphatic rings. The molecule has 84 valence electrons. The molecule has 1 heterocycles. The van der Waals surface area contributed by atoms with Gasteiger partial charge in [0.25, 0.3) is 0 Å². The van der Waals surface area contributed by atoms with Crippen LogP contribution in [0.25, 0.3) is 0 Å². The number of nitrogens with one attached hydrogen (secondary N) is 1. The maximum Gasteiger partial charge on any atom is 0.0853 e. The molecule has 0 saturated carbocycles. The van der Waals surface area contributed by atoms with Crippen LogP contribution in [-0.4, -0.2) is 16.6 Å². The molecule has 1 aromatic heterocycles. The molecule has 0 aromatic carbocycles. The van der Waals surface area contributed by atoms with E-state index in [0.717, 1.165) is 18.2 Å². The van der Waals surface area contributed by atoms with E-state index >= 15 is 0 Å². The molecule has 0 unspecified atom stereocenters. The van der Waals surface area contributed by atoms with Crippen molar-refractivity contribution in [1.82, 2.24) is 4.98 Å². The summed E-state index contributed by atoms with van der Waals surface area (Å²) in [5.74, 6) is 0.718. The second kappa shape index (κ2) is 6.40. The molecule has 0 aliphatic carbocycles. The van der Waals surface area contributed by atoms with E-state index in [4.69, 9.17) is 5.11 Å². The van der Waals surface area contributed by atoms with E-state index in [-0.39, 0.29) is 6.61 Å². The molecule has 0 atom stereocenters. The third-order valence-electron chi connectivity index (χ3n) is 2.73. The van der Waals surface area contributed by atoms with Crippen LogP contribution in [0.4, 0.5) is 5.69 Å². The van der Waals surface area contributed by atoms with Crippen molar-refractivity contribution >= 4 is 5.69 Å². The van der Waals surface area contributed by atoms with Crippen molar-refractivity contribution in [2.75, 3.05) is 11.9 Å². The number of hydrogen-bond acceptors (Lipinski definition) is 3. The standard InChI is InChI=1S/C12H20N2O/c1-3-10(4-2)8-14-11-5-6-13-12(7-11)9-15/h5-7,10,15H,3-4,8-9H2,1-2H3,(H,13,14). The summed E-state index contributed by atoms with van der Waals surface area (Å²) in [5.41, 5.74) is 1.76. The lowest BCUT2D eigenvalue weighted by molar-refractivity contribution is 0.277. The maximum absolute atomic E-state index is 8.94. The summed E-state index contributed by atoms with van der Waals surface area (Å²) >= 11 is 0. The van der Waals surface area contributed by atoms with Crippen molar-refractivity contribution < 1.29 is 5.11 Å². The Morgan fingerprint density at radius 3 is 2.73 bits per heavy atom. The van der Waals surface area contributed by atoms with Gasteiger partial charge in [-0.05, 0) is 18.1 Å². The molecule has 0 radical (unpaired) electrons. The van der Waals surface area contributed by atoms with Crippen molar-refractivity contribution in [1.29, 1.82) is 0 Å². The van der Waals surface area contributed by atoms with E-state index in [1.54, 1.807) is 6.20 Å². The van der Waals surface area contributed by atoms with Crippen molar-refractivity contribution in [3.63, 3.8) is 0 Å². The first-order valence-corrected chi connectivity index (χ1v) is 5.59. The Morgan fingerprint density at radius 1 is 1.40 bits per heavy atom. The highest BCUT2D eigenvalue weighted by Gasteiger charge is 2.03. The Hall–Kier alpha value is -1.09. The second-order valence-corrected chi connectivity index (χ2v) is 3.76. The molecule has 3 heteroatoms. The zero-order chi connectivity index (χ0) is 11.1. The number of hydrogen-bond donors (Lipinski definition) is 2. The molecule has 0 fully saturated rings. The first-order valence-electron chi connectivity index (χ1n) is 5.59. The fraction of sp³-hybridized carbons (Fsp3) is 0.583. The van der Waals surface area contributed by atoms with Gasteiger partial charge in [-0.1, -0.05) is 26.7 Å². The van der Waals surface area contributed by atoms with Crippen LogP contribution < -0.4 is 5.32 Å². The van der Waals surface area contributed by atoms with Gasteiger partial charge in [0, 0.05) is 18.4 Å². The fourth-order valence-electron chi connectivity index (χ4n) is 1.51. The molecule has 15 heavy (non-hydrogen) atoms. The minimum atomic E-state index is 0.000500. The topological polar surface area (TPSA) is 45.2 Å². The average molecular weight is 208 g/mol. The van der Waals surface area contributed by atoms with Crippen molar-refractivity contribution in [2.24, 2.45) is 5.92 Å². The van der Waals surface area contributed by atoms with Gasteiger partial charge in [-0.2, -0.15) is 0 Å². The normalized spacial score (nSPS) is 10.7. The number of anilines is 1. The molecular weight excluding hydrogens is 188 g/mol. The zero-order valence-electron chi connectivity index (χ0n) is 9.53. The fourth-order valence-corrected chi connectivity index (χ4v) is 1.51. The van der Waals surface area contributed by atoms with E-state index in [2.05, 4.69) is 24.1 Å². The first kappa shape index (κ1) is 12.0. The van der Waals surface area contributed by atoms with E-state index in [1.165, 1.54) is 12.8 Å². The Bertz CT molecular complexity index is 285. The maximum atomic E-state index is 8.94. The Balaban J connectivity index is 2.49. The summed E-state index contributed by atoms with van der Waals surface area (Å²) in [6.45, 7) is 5.41. The van der Waals surface area contributed by atoms with E-state index in [1.807, 2.05) is 12.1 Å². The molecule has 0 aliphatic heterocycles. The summed E-state index contributed by atoms with van der Waals surface area (Å²) in [6.07, 6.45) is 4.11. The number of aliphatic hydroxyl groups excluding tert-OH is 1. The van der Waals surface area contributed by atoms with Crippen LogP contribution in [-0.2, 0) is 6.61 Å². The van der Waals surface area contributed by atoms with Crippen LogP contribution in [0.3, 0.4) is 0 Å². The highest BCUT2D eigenvalue weighted by atomic mass is 16.3. The van der Waals surface area contributed by atoms with Crippen LogP contribution in [0.1, 0.15) is 32.4 Å². The molecule has 0 amide bonds. The third-order valence-corrected chi connectivity index (χ3v) is 2.73. The Kier molecular flexibility index (Phi) is 5.12. The molecule has 2 N–H and O–H groups in total. The number of aromatic nitrogens is 1. The van der Waals surface area contributed by atoms with Gasteiger partial charge < -0.3 is 10.4 Å². The van der Waals surface area contributed by atoms with Gasteiger partial charge in [0.15, 0.2) is 0 Å². The van der Waals surface area contributed by atoms with Crippen LogP contribution in [0, 0.1) is 5.92 Å². The zero-order valence-corrected chi connectivity index (χ0v) is 9.53.